The fourth-order valence-electron chi connectivity index (χ4n) is 2.75. The molecule has 0 aliphatic carbocycles. The highest BCUT2D eigenvalue weighted by Gasteiger charge is 2.23. The molecule has 3 heterocycles. The number of benzene rings is 1. The maximum atomic E-state index is 5.96. The number of aryl methyl sites for hydroxylation is 1. The average Bonchev–Trinajstić information content (AvgIpc) is 2.99. The van der Waals surface area contributed by atoms with Gasteiger partial charge in [0.25, 0.3) is 0 Å². The van der Waals surface area contributed by atoms with Crippen LogP contribution in [0.15, 0.2) is 53.1 Å². The molecule has 0 amide bonds. The largest absolute Gasteiger partial charge is 0.441 e. The minimum absolute atomic E-state index is 0.716. The predicted octanol–water partition coefficient (Wildman–Crippen LogP) is 3.61. The first-order chi connectivity index (χ1) is 10.8. The van der Waals surface area contributed by atoms with Crippen LogP contribution in [0.2, 0.25) is 0 Å². The third kappa shape index (κ3) is 2.37. The van der Waals surface area contributed by atoms with Gasteiger partial charge < -0.3 is 9.32 Å². The van der Waals surface area contributed by atoms with Gasteiger partial charge in [0.05, 0.1) is 6.54 Å². The molecule has 4 rings (SSSR count). The highest BCUT2D eigenvalue weighted by atomic mass is 16.4. The molecule has 0 saturated carbocycles. The van der Waals surface area contributed by atoms with E-state index in [-0.39, 0.29) is 0 Å². The molecule has 0 unspecified atom stereocenters. The van der Waals surface area contributed by atoms with Crippen LogP contribution in [0.25, 0.3) is 11.5 Å². The first-order valence-electron chi connectivity index (χ1n) is 7.51. The third-order valence-electron chi connectivity index (χ3n) is 4.00. The quantitative estimate of drug-likeness (QED) is 0.723. The molecule has 1 aromatic carbocycles. The van der Waals surface area contributed by atoms with Gasteiger partial charge in [0, 0.05) is 24.7 Å². The number of fused-ring (bicyclic) bond motifs is 1. The number of hydrogen-bond donors (Lipinski definition) is 0. The van der Waals surface area contributed by atoms with Gasteiger partial charge in [0.2, 0.25) is 5.89 Å². The van der Waals surface area contributed by atoms with Crippen molar-refractivity contribution in [2.24, 2.45) is 0 Å². The lowest BCUT2D eigenvalue weighted by Crippen LogP contribution is -2.30. The van der Waals surface area contributed by atoms with Crippen LogP contribution in [0.5, 0.6) is 0 Å². The second-order valence-electron chi connectivity index (χ2n) is 5.61. The standard InChI is InChI=1S/C18H17N3O/c1-13-5-7-14(8-6-13)18-20-15-12-21(11-9-16(15)22-18)17-4-2-3-10-19-17/h2-8,10H,9,11-12H2,1H3. The Hall–Kier alpha value is -2.62. The predicted molar refractivity (Wildman–Crippen MR) is 85.7 cm³/mol. The van der Waals surface area contributed by atoms with Gasteiger partial charge in [-0.2, -0.15) is 0 Å². The van der Waals surface area contributed by atoms with E-state index < -0.39 is 0 Å². The van der Waals surface area contributed by atoms with Crippen molar-refractivity contribution in [3.8, 4) is 11.5 Å². The molecule has 0 radical (unpaired) electrons. The lowest BCUT2D eigenvalue weighted by molar-refractivity contribution is 0.498. The van der Waals surface area contributed by atoms with Gasteiger partial charge >= 0.3 is 0 Å². The van der Waals surface area contributed by atoms with Gasteiger partial charge in [-0.05, 0) is 31.2 Å². The van der Waals surface area contributed by atoms with E-state index in [4.69, 9.17) is 9.40 Å². The summed E-state index contributed by atoms with van der Waals surface area (Å²) in [6.07, 6.45) is 2.69. The summed E-state index contributed by atoms with van der Waals surface area (Å²) in [5.41, 5.74) is 3.29. The van der Waals surface area contributed by atoms with Gasteiger partial charge in [-0.15, -0.1) is 0 Å². The maximum absolute atomic E-state index is 5.96. The number of oxazole rings is 1. The molecule has 4 nitrogen and oxygen atoms in total. The fourth-order valence-corrected chi connectivity index (χ4v) is 2.75. The van der Waals surface area contributed by atoms with Gasteiger partial charge in [-0.1, -0.05) is 23.8 Å². The van der Waals surface area contributed by atoms with Crippen LogP contribution < -0.4 is 4.90 Å². The fraction of sp³-hybridized carbons (Fsp3) is 0.222. The van der Waals surface area contributed by atoms with E-state index >= 15 is 0 Å². The first-order valence-corrected chi connectivity index (χ1v) is 7.51. The highest BCUT2D eigenvalue weighted by molar-refractivity contribution is 5.55. The van der Waals surface area contributed by atoms with E-state index in [1.807, 2.05) is 24.4 Å². The highest BCUT2D eigenvalue weighted by Crippen LogP contribution is 2.27. The maximum Gasteiger partial charge on any atom is 0.226 e. The Morgan fingerprint density at radius 2 is 1.95 bits per heavy atom. The zero-order chi connectivity index (χ0) is 14.9. The molecule has 0 fully saturated rings. The summed E-state index contributed by atoms with van der Waals surface area (Å²) in [5, 5.41) is 0. The summed E-state index contributed by atoms with van der Waals surface area (Å²) >= 11 is 0. The minimum atomic E-state index is 0.716. The van der Waals surface area contributed by atoms with Crippen molar-refractivity contribution < 1.29 is 4.42 Å². The lowest BCUT2D eigenvalue weighted by Gasteiger charge is -2.26. The number of nitrogens with zero attached hydrogens (tertiary/aromatic N) is 3. The molecule has 1 aliphatic rings. The van der Waals surface area contributed by atoms with Crippen molar-refractivity contribution in [1.82, 2.24) is 9.97 Å². The molecule has 0 saturated heterocycles. The van der Waals surface area contributed by atoms with Gasteiger partial charge in [-0.3, -0.25) is 0 Å². The number of pyridine rings is 1. The Kier molecular flexibility index (Phi) is 3.15. The van der Waals surface area contributed by atoms with Crippen LogP contribution in [-0.2, 0) is 13.0 Å². The smallest absolute Gasteiger partial charge is 0.226 e. The van der Waals surface area contributed by atoms with Crippen molar-refractivity contribution in [3.63, 3.8) is 0 Å². The van der Waals surface area contributed by atoms with Crippen molar-refractivity contribution in [2.45, 2.75) is 19.9 Å². The van der Waals surface area contributed by atoms with E-state index in [9.17, 15) is 0 Å². The molecule has 0 atom stereocenters. The molecule has 110 valence electrons. The van der Waals surface area contributed by atoms with E-state index in [1.54, 1.807) is 0 Å². The van der Waals surface area contributed by atoms with Crippen LogP contribution in [0.4, 0.5) is 5.82 Å². The number of rotatable bonds is 2. The van der Waals surface area contributed by atoms with Crippen LogP contribution in [0.1, 0.15) is 17.0 Å². The molecule has 3 aromatic rings. The number of hydrogen-bond acceptors (Lipinski definition) is 4. The third-order valence-corrected chi connectivity index (χ3v) is 4.00. The van der Waals surface area contributed by atoms with Crippen LogP contribution in [0, 0.1) is 6.92 Å². The molecule has 4 heteroatoms. The van der Waals surface area contributed by atoms with E-state index in [2.05, 4.69) is 41.1 Å². The Bertz CT molecular complexity index is 778. The van der Waals surface area contributed by atoms with E-state index in [0.29, 0.717) is 5.89 Å². The SMILES string of the molecule is Cc1ccc(-c2nc3c(o2)CCN(c2ccccn2)C3)cc1. The summed E-state index contributed by atoms with van der Waals surface area (Å²) in [7, 11) is 0. The molecule has 0 spiro atoms. The minimum Gasteiger partial charge on any atom is -0.441 e. The zero-order valence-electron chi connectivity index (χ0n) is 12.5. The second kappa shape index (κ2) is 5.30. The average molecular weight is 291 g/mol. The van der Waals surface area contributed by atoms with E-state index in [0.717, 1.165) is 42.3 Å². The van der Waals surface area contributed by atoms with Gasteiger partial charge in [-0.25, -0.2) is 9.97 Å². The number of anilines is 1. The molecule has 2 aromatic heterocycles. The summed E-state index contributed by atoms with van der Waals surface area (Å²) < 4.78 is 5.96. The zero-order valence-corrected chi connectivity index (χ0v) is 12.5. The van der Waals surface area contributed by atoms with Crippen molar-refractivity contribution in [2.75, 3.05) is 11.4 Å². The molecule has 1 aliphatic heterocycles. The molecular formula is C18H17N3O. The van der Waals surface area contributed by atoms with Crippen molar-refractivity contribution in [3.05, 3.63) is 65.7 Å². The van der Waals surface area contributed by atoms with Crippen LogP contribution in [-0.4, -0.2) is 16.5 Å². The van der Waals surface area contributed by atoms with E-state index in [1.165, 1.54) is 5.56 Å². The molecule has 0 N–H and O–H groups in total. The van der Waals surface area contributed by atoms with Gasteiger partial charge in [0.1, 0.15) is 17.3 Å². The lowest BCUT2D eigenvalue weighted by atomic mass is 10.1. The first kappa shape index (κ1) is 13.1. The Balaban J connectivity index is 1.62. The molecule has 22 heavy (non-hydrogen) atoms. The van der Waals surface area contributed by atoms with Gasteiger partial charge in [0.15, 0.2) is 0 Å². The van der Waals surface area contributed by atoms with Crippen molar-refractivity contribution in [1.29, 1.82) is 0 Å². The molecular weight excluding hydrogens is 274 g/mol. The summed E-state index contributed by atoms with van der Waals surface area (Å²) in [6, 6.07) is 14.3. The summed E-state index contributed by atoms with van der Waals surface area (Å²) in [5.74, 6) is 2.71. The monoisotopic (exact) mass is 291 g/mol. The Morgan fingerprint density at radius 1 is 1.09 bits per heavy atom. The second-order valence-corrected chi connectivity index (χ2v) is 5.61. The Labute approximate surface area is 129 Å². The summed E-state index contributed by atoms with van der Waals surface area (Å²) in [6.45, 7) is 3.74. The van der Waals surface area contributed by atoms with Crippen LogP contribution >= 0.6 is 0 Å². The summed E-state index contributed by atoms with van der Waals surface area (Å²) in [4.78, 5) is 11.3. The van der Waals surface area contributed by atoms with Crippen molar-refractivity contribution >= 4 is 5.82 Å². The normalized spacial score (nSPS) is 14.0. The molecule has 0 bridgehead atoms. The topological polar surface area (TPSA) is 42.2 Å². The number of aromatic nitrogens is 2. The Morgan fingerprint density at radius 3 is 2.73 bits per heavy atom. The van der Waals surface area contributed by atoms with Crippen LogP contribution in [0.3, 0.4) is 0 Å².